The Morgan fingerprint density at radius 3 is 2.94 bits per heavy atom. The molecule has 1 aromatic rings. The summed E-state index contributed by atoms with van der Waals surface area (Å²) in [5, 5.41) is 2.95. The molecule has 1 aromatic carbocycles. The first-order valence-corrected chi connectivity index (χ1v) is 5.69. The quantitative estimate of drug-likeness (QED) is 0.770. The highest BCUT2D eigenvalue weighted by Crippen LogP contribution is 2.36. The van der Waals surface area contributed by atoms with Crippen molar-refractivity contribution in [3.63, 3.8) is 0 Å². The van der Waals surface area contributed by atoms with Crippen LogP contribution in [-0.4, -0.2) is 24.7 Å². The third-order valence-electron chi connectivity index (χ3n) is 2.31. The van der Waals surface area contributed by atoms with Gasteiger partial charge in [-0.1, -0.05) is 0 Å². The summed E-state index contributed by atoms with van der Waals surface area (Å²) in [4.78, 5) is 24.7. The highest BCUT2D eigenvalue weighted by Gasteiger charge is 2.28. The maximum Gasteiger partial charge on any atom is 0.326 e. The highest BCUT2D eigenvalue weighted by atomic mass is 32.2. The number of fused-ring (bicyclic) bond motifs is 1. The van der Waals surface area contributed by atoms with Crippen molar-refractivity contribution in [1.82, 2.24) is 0 Å². The number of thioether (sulfide) groups is 1. The van der Waals surface area contributed by atoms with Gasteiger partial charge in [0.25, 0.3) is 0 Å². The molecular weight excluding hydrogens is 226 g/mol. The molecule has 0 atom stereocenters. The summed E-state index contributed by atoms with van der Waals surface area (Å²) < 4.78 is 0. The molecular formula is C10H11N3O2S. The first-order valence-electron chi connectivity index (χ1n) is 4.70. The SMILES string of the molecule is CNc1ccc2c(c1)N(C(N)=O)C(=O)CS2. The van der Waals surface area contributed by atoms with Crippen molar-refractivity contribution in [2.24, 2.45) is 5.73 Å². The number of hydrogen-bond donors (Lipinski definition) is 2. The van der Waals surface area contributed by atoms with Crippen LogP contribution in [0.5, 0.6) is 0 Å². The van der Waals surface area contributed by atoms with Crippen molar-refractivity contribution in [3.05, 3.63) is 18.2 Å². The molecule has 1 heterocycles. The molecule has 1 aliphatic heterocycles. The lowest BCUT2D eigenvalue weighted by molar-refractivity contribution is -0.115. The molecule has 0 bridgehead atoms. The van der Waals surface area contributed by atoms with Gasteiger partial charge in [-0.3, -0.25) is 4.79 Å². The Bertz CT molecular complexity index is 461. The molecule has 6 heteroatoms. The number of carbonyl (C=O) groups excluding carboxylic acids is 2. The van der Waals surface area contributed by atoms with E-state index in [1.807, 2.05) is 12.1 Å². The van der Waals surface area contributed by atoms with E-state index in [0.29, 0.717) is 5.69 Å². The van der Waals surface area contributed by atoms with E-state index in [4.69, 9.17) is 5.73 Å². The molecule has 0 aliphatic carbocycles. The van der Waals surface area contributed by atoms with E-state index < -0.39 is 6.03 Å². The van der Waals surface area contributed by atoms with E-state index in [9.17, 15) is 9.59 Å². The van der Waals surface area contributed by atoms with Gasteiger partial charge in [0.05, 0.1) is 11.4 Å². The normalized spacial score (nSPS) is 14.6. The molecule has 84 valence electrons. The van der Waals surface area contributed by atoms with Crippen molar-refractivity contribution in [1.29, 1.82) is 0 Å². The Labute approximate surface area is 97.0 Å². The summed E-state index contributed by atoms with van der Waals surface area (Å²) in [5.41, 5.74) is 6.59. The Balaban J connectivity index is 2.52. The van der Waals surface area contributed by atoms with Crippen LogP contribution in [0.25, 0.3) is 0 Å². The predicted molar refractivity (Wildman–Crippen MR) is 63.8 cm³/mol. The standard InChI is InChI=1S/C10H11N3O2S/c1-12-6-2-3-8-7(4-6)13(10(11)15)9(14)5-16-8/h2-4,12H,5H2,1H3,(H2,11,15). The van der Waals surface area contributed by atoms with Crippen LogP contribution >= 0.6 is 11.8 Å². The van der Waals surface area contributed by atoms with E-state index in [0.717, 1.165) is 15.5 Å². The van der Waals surface area contributed by atoms with Gasteiger partial charge in [-0.2, -0.15) is 0 Å². The molecule has 16 heavy (non-hydrogen) atoms. The van der Waals surface area contributed by atoms with Crippen molar-refractivity contribution < 1.29 is 9.59 Å². The number of rotatable bonds is 1. The van der Waals surface area contributed by atoms with E-state index >= 15 is 0 Å². The van der Waals surface area contributed by atoms with Crippen molar-refractivity contribution in [2.45, 2.75) is 4.90 Å². The number of hydrogen-bond acceptors (Lipinski definition) is 4. The maximum absolute atomic E-state index is 11.6. The Morgan fingerprint density at radius 2 is 2.31 bits per heavy atom. The van der Waals surface area contributed by atoms with Crippen molar-refractivity contribution >= 4 is 35.1 Å². The summed E-state index contributed by atoms with van der Waals surface area (Å²) in [6, 6.07) is 4.76. The van der Waals surface area contributed by atoms with Gasteiger partial charge in [-0.05, 0) is 18.2 Å². The molecule has 0 saturated carbocycles. The summed E-state index contributed by atoms with van der Waals surface area (Å²) in [6.07, 6.45) is 0. The van der Waals surface area contributed by atoms with Crippen LogP contribution in [-0.2, 0) is 4.79 Å². The average Bonchev–Trinajstić information content (AvgIpc) is 2.27. The fraction of sp³-hybridized carbons (Fsp3) is 0.200. The van der Waals surface area contributed by atoms with Crippen LogP contribution in [0, 0.1) is 0 Å². The minimum Gasteiger partial charge on any atom is -0.388 e. The lowest BCUT2D eigenvalue weighted by Crippen LogP contribution is -2.43. The van der Waals surface area contributed by atoms with Gasteiger partial charge in [-0.15, -0.1) is 11.8 Å². The third-order valence-corrected chi connectivity index (χ3v) is 3.36. The molecule has 2 rings (SSSR count). The van der Waals surface area contributed by atoms with Gasteiger partial charge in [0.1, 0.15) is 0 Å². The van der Waals surface area contributed by atoms with E-state index in [1.165, 1.54) is 11.8 Å². The Hall–Kier alpha value is -1.69. The highest BCUT2D eigenvalue weighted by molar-refractivity contribution is 8.00. The first-order chi connectivity index (χ1) is 7.63. The van der Waals surface area contributed by atoms with E-state index in [1.54, 1.807) is 13.1 Å². The van der Waals surface area contributed by atoms with Gasteiger partial charge in [0.2, 0.25) is 5.91 Å². The number of imide groups is 1. The number of benzene rings is 1. The second kappa shape index (κ2) is 4.05. The molecule has 5 nitrogen and oxygen atoms in total. The Morgan fingerprint density at radius 1 is 1.56 bits per heavy atom. The molecule has 3 N–H and O–H groups in total. The number of anilines is 2. The molecule has 0 spiro atoms. The van der Waals surface area contributed by atoms with E-state index in [2.05, 4.69) is 5.32 Å². The maximum atomic E-state index is 11.6. The number of primary amides is 1. The number of nitrogens with two attached hydrogens (primary N) is 1. The molecule has 1 aliphatic rings. The molecule has 3 amide bonds. The molecule has 0 radical (unpaired) electrons. The summed E-state index contributed by atoms with van der Waals surface area (Å²) in [7, 11) is 1.77. The molecule has 0 aromatic heterocycles. The zero-order chi connectivity index (χ0) is 11.7. The van der Waals surface area contributed by atoms with Gasteiger partial charge in [0.15, 0.2) is 0 Å². The van der Waals surface area contributed by atoms with Crippen LogP contribution in [0.1, 0.15) is 0 Å². The number of nitrogens with zero attached hydrogens (tertiary/aromatic N) is 1. The van der Waals surface area contributed by atoms with Crippen LogP contribution in [0.3, 0.4) is 0 Å². The molecule has 0 saturated heterocycles. The van der Waals surface area contributed by atoms with E-state index in [-0.39, 0.29) is 11.7 Å². The Kier molecular flexibility index (Phi) is 2.74. The minimum atomic E-state index is -0.736. The zero-order valence-electron chi connectivity index (χ0n) is 8.69. The summed E-state index contributed by atoms with van der Waals surface area (Å²) >= 11 is 1.41. The van der Waals surface area contributed by atoms with Crippen molar-refractivity contribution in [2.75, 3.05) is 23.0 Å². The monoisotopic (exact) mass is 237 g/mol. The number of amides is 3. The topological polar surface area (TPSA) is 75.4 Å². The predicted octanol–water partition coefficient (Wildman–Crippen LogP) is 1.25. The zero-order valence-corrected chi connectivity index (χ0v) is 9.50. The lowest BCUT2D eigenvalue weighted by atomic mass is 10.2. The van der Waals surface area contributed by atoms with Gasteiger partial charge >= 0.3 is 6.03 Å². The van der Waals surface area contributed by atoms with Crippen molar-refractivity contribution in [3.8, 4) is 0 Å². The minimum absolute atomic E-state index is 0.245. The smallest absolute Gasteiger partial charge is 0.326 e. The summed E-state index contributed by atoms with van der Waals surface area (Å²) in [6.45, 7) is 0. The van der Waals surface area contributed by atoms with Crippen LogP contribution in [0.15, 0.2) is 23.1 Å². The van der Waals surface area contributed by atoms with Gasteiger partial charge in [-0.25, -0.2) is 9.69 Å². The fourth-order valence-electron chi connectivity index (χ4n) is 1.55. The second-order valence-corrected chi connectivity index (χ2v) is 4.31. The molecule has 0 fully saturated rings. The number of urea groups is 1. The van der Waals surface area contributed by atoms with Crippen LogP contribution in [0.2, 0.25) is 0 Å². The summed E-state index contributed by atoms with van der Waals surface area (Å²) in [5.74, 6) is -0.0345. The van der Waals surface area contributed by atoms with Crippen LogP contribution in [0.4, 0.5) is 16.2 Å². The lowest BCUT2D eigenvalue weighted by Gasteiger charge is -2.26. The number of carbonyl (C=O) groups is 2. The van der Waals surface area contributed by atoms with Gasteiger partial charge in [0, 0.05) is 17.6 Å². The van der Waals surface area contributed by atoms with Gasteiger partial charge < -0.3 is 11.1 Å². The third kappa shape index (κ3) is 1.71. The van der Waals surface area contributed by atoms with Crippen LogP contribution < -0.4 is 16.0 Å². The second-order valence-electron chi connectivity index (χ2n) is 3.29. The first kappa shape index (κ1) is 10.8. The molecule has 0 unspecified atom stereocenters. The number of nitrogens with one attached hydrogen (secondary N) is 1. The fourth-order valence-corrected chi connectivity index (χ4v) is 2.42. The average molecular weight is 237 g/mol. The largest absolute Gasteiger partial charge is 0.388 e.